The van der Waals surface area contributed by atoms with E-state index in [1.807, 2.05) is 7.11 Å². The topological polar surface area (TPSA) is 34.3 Å². The second kappa shape index (κ2) is 4.57. The Balaban J connectivity index is 1.74. The first-order chi connectivity index (χ1) is 9.02. The van der Waals surface area contributed by atoms with Gasteiger partial charge in [0.15, 0.2) is 0 Å². The summed E-state index contributed by atoms with van der Waals surface area (Å²) < 4.78 is 17.7. The number of rotatable bonds is 4. The largest absolute Gasteiger partial charge is 0.381 e. The highest BCUT2D eigenvalue weighted by molar-refractivity contribution is 5.19. The van der Waals surface area contributed by atoms with Crippen molar-refractivity contribution in [1.82, 2.24) is 0 Å². The average Bonchev–Trinajstić information content (AvgIpc) is 3.26. The van der Waals surface area contributed by atoms with Crippen molar-refractivity contribution in [3.8, 4) is 0 Å². The second-order valence-electron chi connectivity index (χ2n) is 6.81. The molecule has 1 spiro atoms. The molecule has 2 heterocycles. The standard InChI is InChI=1S/C16H26O3/c1-11(2)7-8-13-15(3,19-13)14-12(17-4)6-5-9-16(14)10-18-16/h7,12-14H,5-6,8-10H2,1-4H3/t12-,13?,14-,15?,16-/m1/s1. The third-order valence-electron chi connectivity index (χ3n) is 5.18. The minimum absolute atomic E-state index is 0.0520. The van der Waals surface area contributed by atoms with E-state index in [1.54, 1.807) is 0 Å². The molecule has 3 heteroatoms. The van der Waals surface area contributed by atoms with Gasteiger partial charge in [-0.3, -0.25) is 0 Å². The molecule has 3 rings (SSSR count). The van der Waals surface area contributed by atoms with Crippen molar-refractivity contribution in [3.63, 3.8) is 0 Å². The summed E-state index contributed by atoms with van der Waals surface area (Å²) in [5, 5.41) is 0. The lowest BCUT2D eigenvalue weighted by molar-refractivity contribution is -0.0492. The maximum atomic E-state index is 6.10. The summed E-state index contributed by atoms with van der Waals surface area (Å²) in [5.41, 5.74) is 1.37. The lowest BCUT2D eigenvalue weighted by Crippen LogP contribution is -2.48. The van der Waals surface area contributed by atoms with Gasteiger partial charge in [0.2, 0.25) is 0 Å². The van der Waals surface area contributed by atoms with Gasteiger partial charge in [0, 0.05) is 13.0 Å². The Labute approximate surface area is 116 Å². The summed E-state index contributed by atoms with van der Waals surface area (Å²) in [7, 11) is 1.83. The smallest absolute Gasteiger partial charge is 0.100 e. The van der Waals surface area contributed by atoms with Crippen molar-refractivity contribution in [1.29, 1.82) is 0 Å². The fourth-order valence-electron chi connectivity index (χ4n) is 4.00. The normalized spacial score (nSPS) is 48.1. The first kappa shape index (κ1) is 13.6. The molecular weight excluding hydrogens is 240 g/mol. The molecular formula is C16H26O3. The molecule has 0 N–H and O–H groups in total. The van der Waals surface area contributed by atoms with Crippen molar-refractivity contribution >= 4 is 0 Å². The highest BCUT2D eigenvalue weighted by atomic mass is 16.6. The van der Waals surface area contributed by atoms with E-state index >= 15 is 0 Å². The zero-order valence-electron chi connectivity index (χ0n) is 12.6. The van der Waals surface area contributed by atoms with E-state index < -0.39 is 0 Å². The van der Waals surface area contributed by atoms with Gasteiger partial charge in [-0.1, -0.05) is 11.6 Å². The molecule has 0 aromatic heterocycles. The van der Waals surface area contributed by atoms with Gasteiger partial charge >= 0.3 is 0 Å². The Morgan fingerprint density at radius 1 is 1.42 bits per heavy atom. The van der Waals surface area contributed by atoms with E-state index in [0.717, 1.165) is 19.4 Å². The number of ether oxygens (including phenoxy) is 3. The third-order valence-corrected chi connectivity index (χ3v) is 5.18. The predicted molar refractivity (Wildman–Crippen MR) is 74.1 cm³/mol. The fraction of sp³-hybridized carbons (Fsp3) is 0.875. The number of methoxy groups -OCH3 is 1. The van der Waals surface area contributed by atoms with E-state index in [0.29, 0.717) is 12.0 Å². The molecule has 0 aromatic carbocycles. The molecule has 2 saturated heterocycles. The molecule has 0 bridgehead atoms. The number of epoxide rings is 2. The molecule has 5 atom stereocenters. The third kappa shape index (κ3) is 2.26. The van der Waals surface area contributed by atoms with Gasteiger partial charge in [-0.15, -0.1) is 0 Å². The molecule has 3 aliphatic rings. The van der Waals surface area contributed by atoms with Crippen LogP contribution in [0.2, 0.25) is 0 Å². The Morgan fingerprint density at radius 2 is 2.16 bits per heavy atom. The maximum absolute atomic E-state index is 6.10. The Hall–Kier alpha value is -0.380. The van der Waals surface area contributed by atoms with Crippen LogP contribution in [-0.4, -0.2) is 37.1 Å². The van der Waals surface area contributed by atoms with Crippen LogP contribution in [-0.2, 0) is 14.2 Å². The highest BCUT2D eigenvalue weighted by Gasteiger charge is 2.70. The average molecular weight is 266 g/mol. The van der Waals surface area contributed by atoms with Crippen LogP contribution < -0.4 is 0 Å². The van der Waals surface area contributed by atoms with E-state index in [9.17, 15) is 0 Å². The van der Waals surface area contributed by atoms with Crippen LogP contribution >= 0.6 is 0 Å². The molecule has 3 fully saturated rings. The van der Waals surface area contributed by atoms with Crippen LogP contribution in [0.3, 0.4) is 0 Å². The molecule has 0 amide bonds. The summed E-state index contributed by atoms with van der Waals surface area (Å²) in [6.45, 7) is 7.43. The van der Waals surface area contributed by atoms with Crippen molar-refractivity contribution in [2.75, 3.05) is 13.7 Å². The monoisotopic (exact) mass is 266 g/mol. The Bertz CT molecular complexity index is 381. The SMILES string of the molecule is CO[C@@H]1CCC[C@@]2(CO2)[C@H]1C1(C)OC1CC=C(C)C. The number of hydrogen-bond donors (Lipinski definition) is 0. The quantitative estimate of drug-likeness (QED) is 0.579. The van der Waals surface area contributed by atoms with Gasteiger partial charge in [0.05, 0.1) is 24.4 Å². The summed E-state index contributed by atoms with van der Waals surface area (Å²) in [6.07, 6.45) is 7.45. The van der Waals surface area contributed by atoms with Gasteiger partial charge in [0.25, 0.3) is 0 Å². The zero-order valence-corrected chi connectivity index (χ0v) is 12.6. The molecule has 1 aliphatic carbocycles. The molecule has 1 saturated carbocycles. The Morgan fingerprint density at radius 3 is 2.74 bits per heavy atom. The van der Waals surface area contributed by atoms with E-state index in [-0.39, 0.29) is 17.3 Å². The van der Waals surface area contributed by atoms with E-state index in [2.05, 4.69) is 26.8 Å². The minimum atomic E-state index is -0.0520. The first-order valence-corrected chi connectivity index (χ1v) is 7.50. The zero-order chi connectivity index (χ0) is 13.7. The van der Waals surface area contributed by atoms with Crippen LogP contribution in [0.1, 0.15) is 46.5 Å². The molecule has 0 radical (unpaired) electrons. The van der Waals surface area contributed by atoms with E-state index in [4.69, 9.17) is 14.2 Å². The fourth-order valence-corrected chi connectivity index (χ4v) is 4.00. The van der Waals surface area contributed by atoms with Gasteiger partial charge in [-0.25, -0.2) is 0 Å². The van der Waals surface area contributed by atoms with Crippen LogP contribution in [0.5, 0.6) is 0 Å². The summed E-state index contributed by atoms with van der Waals surface area (Å²) in [4.78, 5) is 0. The number of hydrogen-bond acceptors (Lipinski definition) is 3. The summed E-state index contributed by atoms with van der Waals surface area (Å²) in [6, 6.07) is 0. The van der Waals surface area contributed by atoms with Crippen LogP contribution in [0.25, 0.3) is 0 Å². The molecule has 19 heavy (non-hydrogen) atoms. The summed E-state index contributed by atoms with van der Waals surface area (Å²) in [5.74, 6) is 0.398. The van der Waals surface area contributed by atoms with Gasteiger partial charge in [-0.2, -0.15) is 0 Å². The minimum Gasteiger partial charge on any atom is -0.381 e. The van der Waals surface area contributed by atoms with Crippen molar-refractivity contribution in [3.05, 3.63) is 11.6 Å². The molecule has 0 aromatic rings. The molecule has 2 aliphatic heterocycles. The highest BCUT2D eigenvalue weighted by Crippen LogP contribution is 2.59. The van der Waals surface area contributed by atoms with Gasteiger partial charge in [0.1, 0.15) is 5.60 Å². The van der Waals surface area contributed by atoms with Gasteiger partial charge in [-0.05, 0) is 46.5 Å². The lowest BCUT2D eigenvalue weighted by atomic mass is 9.69. The van der Waals surface area contributed by atoms with Crippen molar-refractivity contribution in [2.24, 2.45) is 5.92 Å². The summed E-state index contributed by atoms with van der Waals surface area (Å²) >= 11 is 0. The second-order valence-corrected chi connectivity index (χ2v) is 6.81. The van der Waals surface area contributed by atoms with Crippen LogP contribution in [0, 0.1) is 5.92 Å². The van der Waals surface area contributed by atoms with E-state index in [1.165, 1.54) is 18.4 Å². The predicted octanol–water partition coefficient (Wildman–Crippen LogP) is 3.08. The maximum Gasteiger partial charge on any atom is 0.100 e. The molecule has 108 valence electrons. The molecule has 2 unspecified atom stereocenters. The Kier molecular flexibility index (Phi) is 3.27. The van der Waals surface area contributed by atoms with Crippen LogP contribution in [0.15, 0.2) is 11.6 Å². The van der Waals surface area contributed by atoms with Gasteiger partial charge < -0.3 is 14.2 Å². The first-order valence-electron chi connectivity index (χ1n) is 7.50. The van der Waals surface area contributed by atoms with Crippen molar-refractivity contribution in [2.45, 2.75) is 69.9 Å². The van der Waals surface area contributed by atoms with Crippen LogP contribution in [0.4, 0.5) is 0 Å². The number of allylic oxidation sites excluding steroid dienone is 1. The molecule has 3 nitrogen and oxygen atoms in total. The lowest BCUT2D eigenvalue weighted by Gasteiger charge is -2.38. The van der Waals surface area contributed by atoms with Crippen molar-refractivity contribution < 1.29 is 14.2 Å².